The van der Waals surface area contributed by atoms with Gasteiger partial charge in [-0.05, 0) is 31.5 Å². The van der Waals surface area contributed by atoms with E-state index in [4.69, 9.17) is 0 Å². The number of anilines is 1. The predicted molar refractivity (Wildman–Crippen MR) is 96.0 cm³/mol. The third-order valence-corrected chi connectivity index (χ3v) is 4.55. The largest absolute Gasteiger partial charge is 0.333 e. The lowest BCUT2D eigenvalue weighted by molar-refractivity contribution is -0.115. The minimum Gasteiger partial charge on any atom is -0.333 e. The van der Waals surface area contributed by atoms with Crippen molar-refractivity contribution in [3.8, 4) is 0 Å². The van der Waals surface area contributed by atoms with E-state index in [9.17, 15) is 9.59 Å². The molecule has 0 aliphatic heterocycles. The minimum absolute atomic E-state index is 0.0216. The Morgan fingerprint density at radius 2 is 1.96 bits per heavy atom. The van der Waals surface area contributed by atoms with Crippen LogP contribution >= 0.6 is 11.3 Å². The molecule has 3 amide bonds. The maximum atomic E-state index is 12.0. The topological polar surface area (TPSA) is 83.1 Å². The molecular formula is C17H22N4O2S. The molecule has 1 atom stereocenters. The molecule has 0 spiro atoms. The van der Waals surface area contributed by atoms with Crippen LogP contribution in [0.25, 0.3) is 0 Å². The number of amides is 3. The number of nitrogens with one attached hydrogen (secondary N) is 3. The average molecular weight is 346 g/mol. The van der Waals surface area contributed by atoms with Gasteiger partial charge in [0.05, 0.1) is 23.8 Å². The summed E-state index contributed by atoms with van der Waals surface area (Å²) in [7, 11) is 0. The first-order chi connectivity index (χ1) is 11.5. The summed E-state index contributed by atoms with van der Waals surface area (Å²) in [5.74, 6) is -0.0216. The van der Waals surface area contributed by atoms with Crippen LogP contribution < -0.4 is 16.0 Å². The zero-order chi connectivity index (χ0) is 17.5. The van der Waals surface area contributed by atoms with Crippen molar-refractivity contribution in [2.45, 2.75) is 39.8 Å². The summed E-state index contributed by atoms with van der Waals surface area (Å²) in [6.07, 6.45) is 0.444. The van der Waals surface area contributed by atoms with E-state index in [0.717, 1.165) is 21.8 Å². The number of hydrogen-bond acceptors (Lipinski definition) is 4. The molecule has 1 heterocycles. The quantitative estimate of drug-likeness (QED) is 0.750. The highest BCUT2D eigenvalue weighted by Gasteiger charge is 2.10. The maximum absolute atomic E-state index is 12.0. The number of nitrogens with zero attached hydrogens (tertiary/aromatic N) is 1. The van der Waals surface area contributed by atoms with Gasteiger partial charge in [0.15, 0.2) is 0 Å². The van der Waals surface area contributed by atoms with Gasteiger partial charge in [-0.3, -0.25) is 4.79 Å². The minimum atomic E-state index is -0.223. The first kappa shape index (κ1) is 17.9. The summed E-state index contributed by atoms with van der Waals surface area (Å²) in [5, 5.41) is 8.53. The number of carbonyl (C=O) groups excluding carboxylic acids is 2. The summed E-state index contributed by atoms with van der Waals surface area (Å²) in [5.41, 5.74) is 4.43. The highest BCUT2D eigenvalue weighted by molar-refractivity contribution is 7.09. The molecule has 1 aromatic carbocycles. The van der Waals surface area contributed by atoms with E-state index >= 15 is 0 Å². The number of benzene rings is 1. The second-order valence-electron chi connectivity index (χ2n) is 5.43. The molecule has 0 saturated carbocycles. The molecule has 1 unspecified atom stereocenters. The second kappa shape index (κ2) is 8.44. The van der Waals surface area contributed by atoms with Gasteiger partial charge < -0.3 is 16.0 Å². The van der Waals surface area contributed by atoms with Gasteiger partial charge in [0.1, 0.15) is 0 Å². The molecule has 3 N–H and O–H groups in total. The van der Waals surface area contributed by atoms with Gasteiger partial charge in [-0.25, -0.2) is 9.78 Å². The second-order valence-corrected chi connectivity index (χ2v) is 6.37. The van der Waals surface area contributed by atoms with Gasteiger partial charge in [0, 0.05) is 17.0 Å². The third kappa shape index (κ3) is 5.06. The molecule has 24 heavy (non-hydrogen) atoms. The molecule has 6 nitrogen and oxygen atoms in total. The van der Waals surface area contributed by atoms with Crippen LogP contribution in [0.3, 0.4) is 0 Å². The molecular weight excluding hydrogens is 324 g/mol. The Bertz CT molecular complexity index is 697. The van der Waals surface area contributed by atoms with Crippen molar-refractivity contribution in [2.75, 3.05) is 5.32 Å². The molecule has 0 aliphatic carbocycles. The van der Waals surface area contributed by atoms with Crippen LogP contribution in [-0.2, 0) is 11.3 Å². The van der Waals surface area contributed by atoms with Crippen molar-refractivity contribution in [3.63, 3.8) is 0 Å². The van der Waals surface area contributed by atoms with Gasteiger partial charge in [-0.2, -0.15) is 0 Å². The van der Waals surface area contributed by atoms with E-state index in [1.54, 1.807) is 5.51 Å². The predicted octanol–water partition coefficient (Wildman–Crippen LogP) is 3.36. The van der Waals surface area contributed by atoms with Crippen LogP contribution in [0.1, 0.15) is 42.4 Å². The van der Waals surface area contributed by atoms with E-state index in [0.29, 0.717) is 13.0 Å². The summed E-state index contributed by atoms with van der Waals surface area (Å²) >= 11 is 1.53. The Balaban J connectivity index is 1.84. The molecule has 0 bridgehead atoms. The smallest absolute Gasteiger partial charge is 0.315 e. The van der Waals surface area contributed by atoms with Crippen LogP contribution in [0.2, 0.25) is 0 Å². The molecule has 1 aromatic heterocycles. The molecule has 0 aliphatic rings. The van der Waals surface area contributed by atoms with Crippen LogP contribution in [-0.4, -0.2) is 16.9 Å². The van der Waals surface area contributed by atoms with Crippen LogP contribution in [0.4, 0.5) is 10.5 Å². The van der Waals surface area contributed by atoms with E-state index in [1.165, 1.54) is 11.3 Å². The van der Waals surface area contributed by atoms with Crippen LogP contribution in [0.15, 0.2) is 29.8 Å². The number of aryl methyl sites for hydroxylation is 1. The van der Waals surface area contributed by atoms with Crippen molar-refractivity contribution in [1.29, 1.82) is 0 Å². The Kier molecular flexibility index (Phi) is 6.31. The molecule has 0 saturated heterocycles. The fraction of sp³-hybridized carbons (Fsp3) is 0.353. The number of aromatic nitrogens is 1. The number of rotatable bonds is 6. The van der Waals surface area contributed by atoms with E-state index < -0.39 is 0 Å². The van der Waals surface area contributed by atoms with Gasteiger partial charge in [0.2, 0.25) is 5.91 Å². The highest BCUT2D eigenvalue weighted by atomic mass is 32.1. The molecule has 2 aromatic rings. The van der Waals surface area contributed by atoms with Gasteiger partial charge in [-0.15, -0.1) is 11.3 Å². The van der Waals surface area contributed by atoms with E-state index in [-0.39, 0.29) is 18.0 Å². The van der Waals surface area contributed by atoms with Gasteiger partial charge in [-0.1, -0.05) is 19.1 Å². The van der Waals surface area contributed by atoms with Crippen LogP contribution in [0.5, 0.6) is 0 Å². The average Bonchev–Trinajstić information content (AvgIpc) is 2.98. The van der Waals surface area contributed by atoms with Gasteiger partial charge >= 0.3 is 6.03 Å². The van der Waals surface area contributed by atoms with Crippen molar-refractivity contribution >= 4 is 29.0 Å². The highest BCUT2D eigenvalue weighted by Crippen LogP contribution is 2.16. The number of thiazole rings is 1. The lowest BCUT2D eigenvalue weighted by Crippen LogP contribution is -2.36. The summed E-state index contributed by atoms with van der Waals surface area (Å²) in [4.78, 5) is 28.6. The monoisotopic (exact) mass is 346 g/mol. The van der Waals surface area contributed by atoms with Crippen molar-refractivity contribution < 1.29 is 9.59 Å². The Morgan fingerprint density at radius 1 is 1.25 bits per heavy atom. The fourth-order valence-electron chi connectivity index (χ4n) is 2.09. The maximum Gasteiger partial charge on any atom is 0.315 e. The summed E-state index contributed by atoms with van der Waals surface area (Å²) in [6, 6.07) is 7.09. The lowest BCUT2D eigenvalue weighted by atomic mass is 10.1. The Labute approximate surface area is 145 Å². The summed E-state index contributed by atoms with van der Waals surface area (Å²) < 4.78 is 0. The third-order valence-electron chi connectivity index (χ3n) is 3.62. The number of carbonyl (C=O) groups is 2. The SMILES string of the molecule is CCC(=O)Nc1ccc(C(C)NC(=O)NCc2scnc2C)cc1. The number of urea groups is 1. The Morgan fingerprint density at radius 3 is 2.54 bits per heavy atom. The summed E-state index contributed by atoms with van der Waals surface area (Å²) in [6.45, 7) is 6.11. The first-order valence-corrected chi connectivity index (χ1v) is 8.70. The van der Waals surface area contributed by atoms with Crippen molar-refractivity contribution in [3.05, 3.63) is 45.9 Å². The molecule has 2 rings (SSSR count). The van der Waals surface area contributed by atoms with E-state index in [1.807, 2.05) is 45.0 Å². The van der Waals surface area contributed by atoms with Crippen molar-refractivity contribution in [2.24, 2.45) is 0 Å². The Hall–Kier alpha value is -2.41. The zero-order valence-electron chi connectivity index (χ0n) is 14.1. The van der Waals surface area contributed by atoms with Gasteiger partial charge in [0.25, 0.3) is 0 Å². The van der Waals surface area contributed by atoms with E-state index in [2.05, 4.69) is 20.9 Å². The standard InChI is InChI=1S/C17H22N4O2S/c1-4-16(22)21-14-7-5-13(6-8-14)11(2)20-17(23)18-9-15-12(3)19-10-24-15/h5-8,10-11H,4,9H2,1-3H3,(H,21,22)(H2,18,20,23). The molecule has 0 fully saturated rings. The van der Waals surface area contributed by atoms with Crippen molar-refractivity contribution in [1.82, 2.24) is 15.6 Å². The lowest BCUT2D eigenvalue weighted by Gasteiger charge is -2.15. The van der Waals surface area contributed by atoms with Crippen LogP contribution in [0, 0.1) is 6.92 Å². The zero-order valence-corrected chi connectivity index (χ0v) is 14.9. The normalized spacial score (nSPS) is 11.6. The molecule has 7 heteroatoms. The first-order valence-electron chi connectivity index (χ1n) is 7.82. The molecule has 0 radical (unpaired) electrons. The molecule has 128 valence electrons. The number of hydrogen-bond donors (Lipinski definition) is 3. The fourth-order valence-corrected chi connectivity index (χ4v) is 2.81.